The molecule has 0 bridgehead atoms. The van der Waals surface area contributed by atoms with Gasteiger partial charge in [-0.2, -0.15) is 0 Å². The number of carboxylic acid groups (broad SMARTS) is 1. The van der Waals surface area contributed by atoms with E-state index in [-0.39, 0.29) is 5.82 Å². The molecule has 2 rings (SSSR count). The van der Waals surface area contributed by atoms with Crippen LogP contribution in [0.3, 0.4) is 0 Å². The van der Waals surface area contributed by atoms with Gasteiger partial charge in [-0.3, -0.25) is 4.79 Å². The van der Waals surface area contributed by atoms with Crippen molar-refractivity contribution in [3.8, 4) is 0 Å². The summed E-state index contributed by atoms with van der Waals surface area (Å²) in [6.45, 7) is 3.36. The second-order valence-corrected chi connectivity index (χ2v) is 5.68. The number of benzene rings is 1. The quantitative estimate of drug-likeness (QED) is 0.904. The fourth-order valence-corrected chi connectivity index (χ4v) is 2.69. The number of fused-ring (bicyclic) bond motifs is 1. The lowest BCUT2D eigenvalue weighted by atomic mass is 9.86. The van der Waals surface area contributed by atoms with Gasteiger partial charge in [-0.15, -0.1) is 11.3 Å². The number of carboxylic acids is 1. The van der Waals surface area contributed by atoms with Gasteiger partial charge in [0.25, 0.3) is 0 Å². The Balaban J connectivity index is 2.43. The van der Waals surface area contributed by atoms with Crippen LogP contribution in [0.4, 0.5) is 4.39 Å². The van der Waals surface area contributed by atoms with Gasteiger partial charge in [0.05, 0.1) is 5.41 Å². The topological polar surface area (TPSA) is 37.3 Å². The molecule has 0 radical (unpaired) electrons. The normalized spacial score (nSPS) is 11.9. The van der Waals surface area contributed by atoms with E-state index in [1.54, 1.807) is 19.9 Å². The Labute approximate surface area is 103 Å². The molecule has 17 heavy (non-hydrogen) atoms. The van der Waals surface area contributed by atoms with E-state index in [1.807, 2.05) is 5.38 Å². The molecule has 1 aromatic heterocycles. The molecule has 0 atom stereocenters. The van der Waals surface area contributed by atoms with Crippen molar-refractivity contribution >= 4 is 27.4 Å². The summed E-state index contributed by atoms with van der Waals surface area (Å²) in [6.07, 6.45) is 0.409. The lowest BCUT2D eigenvalue weighted by molar-refractivity contribution is -0.146. The molecule has 1 aromatic carbocycles. The van der Waals surface area contributed by atoms with E-state index >= 15 is 0 Å². The van der Waals surface area contributed by atoms with Crippen molar-refractivity contribution in [2.45, 2.75) is 20.3 Å². The third kappa shape index (κ3) is 2.31. The molecule has 0 saturated heterocycles. The average Bonchev–Trinajstić information content (AvgIpc) is 2.60. The first-order chi connectivity index (χ1) is 7.90. The smallest absolute Gasteiger partial charge is 0.309 e. The monoisotopic (exact) mass is 252 g/mol. The van der Waals surface area contributed by atoms with Crippen molar-refractivity contribution in [2.75, 3.05) is 0 Å². The molecular weight excluding hydrogens is 239 g/mol. The zero-order valence-electron chi connectivity index (χ0n) is 9.66. The molecule has 4 heteroatoms. The molecule has 0 aliphatic rings. The number of carbonyl (C=O) groups is 1. The van der Waals surface area contributed by atoms with Gasteiger partial charge in [0, 0.05) is 4.70 Å². The van der Waals surface area contributed by atoms with E-state index in [9.17, 15) is 9.18 Å². The van der Waals surface area contributed by atoms with Crippen LogP contribution < -0.4 is 0 Å². The van der Waals surface area contributed by atoms with E-state index in [0.717, 1.165) is 15.6 Å². The predicted octanol–water partition coefficient (Wildman–Crippen LogP) is 3.69. The van der Waals surface area contributed by atoms with Crippen molar-refractivity contribution in [3.05, 3.63) is 35.0 Å². The largest absolute Gasteiger partial charge is 0.481 e. The van der Waals surface area contributed by atoms with Crippen LogP contribution in [0.1, 0.15) is 19.4 Å². The predicted molar refractivity (Wildman–Crippen MR) is 66.9 cm³/mol. The summed E-state index contributed by atoms with van der Waals surface area (Å²) in [5, 5.41) is 11.8. The van der Waals surface area contributed by atoms with Crippen molar-refractivity contribution < 1.29 is 14.3 Å². The molecule has 1 heterocycles. The van der Waals surface area contributed by atoms with Crippen LogP contribution in [0.5, 0.6) is 0 Å². The fourth-order valence-electron chi connectivity index (χ4n) is 1.74. The van der Waals surface area contributed by atoms with Gasteiger partial charge in [-0.25, -0.2) is 4.39 Å². The van der Waals surface area contributed by atoms with Gasteiger partial charge in [-0.1, -0.05) is 0 Å². The maximum atomic E-state index is 13.2. The van der Waals surface area contributed by atoms with Crippen molar-refractivity contribution in [1.82, 2.24) is 0 Å². The molecule has 2 nitrogen and oxygen atoms in total. The molecule has 0 fully saturated rings. The summed E-state index contributed by atoms with van der Waals surface area (Å²) in [7, 11) is 0. The lowest BCUT2D eigenvalue weighted by Gasteiger charge is -2.18. The van der Waals surface area contributed by atoms with E-state index in [0.29, 0.717) is 6.42 Å². The number of hydrogen-bond donors (Lipinski definition) is 1. The van der Waals surface area contributed by atoms with Gasteiger partial charge in [0.15, 0.2) is 0 Å². The van der Waals surface area contributed by atoms with E-state index in [4.69, 9.17) is 5.11 Å². The summed E-state index contributed by atoms with van der Waals surface area (Å²) >= 11 is 1.52. The van der Waals surface area contributed by atoms with Crippen LogP contribution in [0.15, 0.2) is 23.6 Å². The van der Waals surface area contributed by atoms with Crippen molar-refractivity contribution in [3.63, 3.8) is 0 Å². The first kappa shape index (κ1) is 12.0. The van der Waals surface area contributed by atoms with Crippen LogP contribution in [-0.4, -0.2) is 11.1 Å². The van der Waals surface area contributed by atoms with Gasteiger partial charge < -0.3 is 5.11 Å². The molecule has 0 unspecified atom stereocenters. The average molecular weight is 252 g/mol. The first-order valence-electron chi connectivity index (χ1n) is 5.29. The fraction of sp³-hybridized carbons (Fsp3) is 0.308. The maximum Gasteiger partial charge on any atom is 0.309 e. The Morgan fingerprint density at radius 3 is 2.82 bits per heavy atom. The molecule has 1 N–H and O–H groups in total. The molecular formula is C13H13FO2S. The molecule has 0 amide bonds. The van der Waals surface area contributed by atoms with E-state index in [1.165, 1.54) is 23.5 Å². The highest BCUT2D eigenvalue weighted by atomic mass is 32.1. The highest BCUT2D eigenvalue weighted by molar-refractivity contribution is 7.17. The van der Waals surface area contributed by atoms with Crippen LogP contribution in [0.2, 0.25) is 0 Å². The van der Waals surface area contributed by atoms with Gasteiger partial charge >= 0.3 is 5.97 Å². The van der Waals surface area contributed by atoms with Crippen LogP contribution in [0, 0.1) is 11.2 Å². The SMILES string of the molecule is CC(C)(Cc1csc2ccc(F)cc12)C(=O)O. The number of hydrogen-bond acceptors (Lipinski definition) is 2. The highest BCUT2D eigenvalue weighted by Gasteiger charge is 2.28. The van der Waals surface area contributed by atoms with Crippen LogP contribution in [0.25, 0.3) is 10.1 Å². The Hall–Kier alpha value is -1.42. The van der Waals surface area contributed by atoms with E-state index in [2.05, 4.69) is 0 Å². The molecule has 90 valence electrons. The summed E-state index contributed by atoms with van der Waals surface area (Å²) in [5.41, 5.74) is 0.0669. The Morgan fingerprint density at radius 1 is 1.47 bits per heavy atom. The summed E-state index contributed by atoms with van der Waals surface area (Å²) in [5.74, 6) is -1.13. The van der Waals surface area contributed by atoms with Crippen molar-refractivity contribution in [1.29, 1.82) is 0 Å². The number of thiophene rings is 1. The van der Waals surface area contributed by atoms with Crippen molar-refractivity contribution in [2.24, 2.45) is 5.41 Å². The molecule has 0 aliphatic heterocycles. The van der Waals surface area contributed by atoms with Crippen LogP contribution in [-0.2, 0) is 11.2 Å². The lowest BCUT2D eigenvalue weighted by Crippen LogP contribution is -2.26. The van der Waals surface area contributed by atoms with Crippen LogP contribution >= 0.6 is 11.3 Å². The summed E-state index contributed by atoms with van der Waals surface area (Å²) < 4.78 is 14.2. The molecule has 0 saturated carbocycles. The Kier molecular flexibility index (Phi) is 2.91. The second-order valence-electron chi connectivity index (χ2n) is 4.77. The van der Waals surface area contributed by atoms with Gasteiger partial charge in [0.1, 0.15) is 5.82 Å². The zero-order chi connectivity index (χ0) is 12.6. The number of aliphatic carboxylic acids is 1. The number of halogens is 1. The standard InChI is InChI=1S/C13H13FO2S/c1-13(2,12(15)16)6-8-7-17-11-4-3-9(14)5-10(8)11/h3-5,7H,6H2,1-2H3,(H,15,16). The minimum absolute atomic E-state index is 0.287. The maximum absolute atomic E-state index is 13.2. The molecule has 2 aromatic rings. The summed E-state index contributed by atoms with van der Waals surface area (Å²) in [6, 6.07) is 4.62. The van der Waals surface area contributed by atoms with E-state index < -0.39 is 11.4 Å². The Morgan fingerprint density at radius 2 is 2.18 bits per heavy atom. The zero-order valence-corrected chi connectivity index (χ0v) is 10.5. The Bertz CT molecular complexity index is 572. The second kappa shape index (κ2) is 4.11. The molecule has 0 aliphatic carbocycles. The third-order valence-electron chi connectivity index (χ3n) is 2.83. The molecule has 0 spiro atoms. The minimum atomic E-state index is -0.840. The minimum Gasteiger partial charge on any atom is -0.481 e. The first-order valence-corrected chi connectivity index (χ1v) is 6.17. The van der Waals surface area contributed by atoms with Gasteiger partial charge in [0.2, 0.25) is 0 Å². The summed E-state index contributed by atoms with van der Waals surface area (Å²) in [4.78, 5) is 11.1. The highest BCUT2D eigenvalue weighted by Crippen LogP contribution is 2.32. The third-order valence-corrected chi connectivity index (χ3v) is 3.84. The van der Waals surface area contributed by atoms with Gasteiger partial charge in [-0.05, 0) is 54.8 Å². The number of rotatable bonds is 3.